The Morgan fingerprint density at radius 2 is 1.73 bits per heavy atom. The molecule has 2 heterocycles. The maximum absolute atomic E-state index is 12.6. The number of rotatable bonds is 16. The molecule has 0 aliphatic carbocycles. The Kier molecular flexibility index (Phi) is 14.2. The second-order valence-corrected chi connectivity index (χ2v) is 12.2. The van der Waals surface area contributed by atoms with E-state index in [1.165, 1.54) is 12.1 Å². The van der Waals surface area contributed by atoms with E-state index in [0.717, 1.165) is 0 Å². The first-order valence-corrected chi connectivity index (χ1v) is 15.4. The first-order valence-electron chi connectivity index (χ1n) is 15.4. The maximum Gasteiger partial charge on any atom is 0.364 e. The van der Waals surface area contributed by atoms with Gasteiger partial charge in [0.2, 0.25) is 5.91 Å². The summed E-state index contributed by atoms with van der Waals surface area (Å²) in [7, 11) is 0. The average molecular weight is 688 g/mol. The molecule has 270 valence electrons. The highest BCUT2D eigenvalue weighted by atomic mass is 16.7. The molecule has 2 aliphatic rings. The van der Waals surface area contributed by atoms with E-state index in [9.17, 15) is 54.9 Å². The van der Waals surface area contributed by atoms with Gasteiger partial charge in [0.1, 0.15) is 6.10 Å². The molecule has 1 aromatic rings. The number of hydrogen-bond acceptors (Lipinski definition) is 14. The van der Waals surface area contributed by atoms with Crippen molar-refractivity contribution in [2.24, 2.45) is 11.8 Å². The number of carbonyl (C=O) groups is 4. The van der Waals surface area contributed by atoms with Crippen LogP contribution in [-0.2, 0) is 35.1 Å². The molecule has 2 aliphatic heterocycles. The molecule has 0 spiro atoms. The van der Waals surface area contributed by atoms with Crippen LogP contribution < -0.4 is 16.0 Å². The highest BCUT2D eigenvalue weighted by Gasteiger charge is 2.52. The SMILES string of the molecule is CC(C)C1C(C(=O)O)OC(OCCNC(=O)c2ccc(CNCC(=O)NC3C(C[C@H](O)CO)O[C@@](O)(C(=O)O)C[C@H]3O)cc2)C(O)C1O. The molecule has 18 heteroatoms. The van der Waals surface area contributed by atoms with Crippen LogP contribution in [0.3, 0.4) is 0 Å². The van der Waals surface area contributed by atoms with Gasteiger partial charge in [-0.2, -0.15) is 0 Å². The van der Waals surface area contributed by atoms with Crippen LogP contribution in [0.25, 0.3) is 0 Å². The van der Waals surface area contributed by atoms with Crippen molar-refractivity contribution in [1.82, 2.24) is 16.0 Å². The number of carbonyl (C=O) groups excluding carboxylic acids is 2. The molecule has 7 unspecified atom stereocenters. The molecule has 2 saturated heterocycles. The molecule has 0 aromatic heterocycles. The average Bonchev–Trinajstić information content (AvgIpc) is 3.02. The first kappa shape index (κ1) is 39.1. The highest BCUT2D eigenvalue weighted by Crippen LogP contribution is 2.33. The fourth-order valence-corrected chi connectivity index (χ4v) is 5.66. The van der Waals surface area contributed by atoms with Crippen LogP contribution >= 0.6 is 0 Å². The number of aliphatic hydroxyl groups excluding tert-OH is 5. The largest absolute Gasteiger partial charge is 0.479 e. The van der Waals surface area contributed by atoms with Gasteiger partial charge in [0, 0.05) is 37.4 Å². The first-order chi connectivity index (χ1) is 22.6. The smallest absolute Gasteiger partial charge is 0.364 e. The monoisotopic (exact) mass is 687 g/mol. The number of benzene rings is 1. The molecule has 1 aromatic carbocycles. The Bertz CT molecular complexity index is 1250. The van der Waals surface area contributed by atoms with Crippen LogP contribution in [0.2, 0.25) is 0 Å². The lowest BCUT2D eigenvalue weighted by molar-refractivity contribution is -0.287. The number of carboxylic acids is 2. The van der Waals surface area contributed by atoms with E-state index >= 15 is 0 Å². The summed E-state index contributed by atoms with van der Waals surface area (Å²) in [6.07, 6.45) is -11.0. The van der Waals surface area contributed by atoms with Crippen molar-refractivity contribution in [1.29, 1.82) is 0 Å². The Balaban J connectivity index is 1.43. The lowest BCUT2D eigenvalue weighted by atomic mass is 9.81. The number of hydrogen-bond donors (Lipinski definition) is 11. The molecule has 10 atom stereocenters. The summed E-state index contributed by atoms with van der Waals surface area (Å²) in [5.74, 6) is -7.96. The fraction of sp³-hybridized carbons (Fsp3) is 0.667. The second kappa shape index (κ2) is 17.4. The van der Waals surface area contributed by atoms with Crippen LogP contribution in [-0.4, -0.2) is 146 Å². The van der Waals surface area contributed by atoms with Crippen LogP contribution in [0, 0.1) is 11.8 Å². The summed E-state index contributed by atoms with van der Waals surface area (Å²) in [5, 5.41) is 87.2. The molecule has 11 N–H and O–H groups in total. The van der Waals surface area contributed by atoms with E-state index in [0.29, 0.717) is 11.1 Å². The van der Waals surface area contributed by atoms with Crippen molar-refractivity contribution in [2.45, 2.75) is 88.0 Å². The lowest BCUT2D eigenvalue weighted by Gasteiger charge is -2.43. The van der Waals surface area contributed by atoms with Gasteiger partial charge < -0.3 is 71.0 Å². The Morgan fingerprint density at radius 1 is 1.06 bits per heavy atom. The molecule has 18 nitrogen and oxygen atoms in total. The molecule has 2 fully saturated rings. The lowest BCUT2D eigenvalue weighted by Crippen LogP contribution is -2.64. The molecule has 48 heavy (non-hydrogen) atoms. The molecule has 0 bridgehead atoms. The predicted molar refractivity (Wildman–Crippen MR) is 161 cm³/mol. The summed E-state index contributed by atoms with van der Waals surface area (Å²) in [6, 6.07) is 5.17. The van der Waals surface area contributed by atoms with Crippen molar-refractivity contribution in [3.05, 3.63) is 35.4 Å². The highest BCUT2D eigenvalue weighted by molar-refractivity contribution is 5.94. The van der Waals surface area contributed by atoms with Crippen molar-refractivity contribution < 1.29 is 74.2 Å². The van der Waals surface area contributed by atoms with Gasteiger partial charge in [0.15, 0.2) is 12.4 Å². The summed E-state index contributed by atoms with van der Waals surface area (Å²) in [6.45, 7) is 2.52. The zero-order valence-electron chi connectivity index (χ0n) is 26.5. The van der Waals surface area contributed by atoms with E-state index in [4.69, 9.17) is 19.3 Å². The van der Waals surface area contributed by atoms with Gasteiger partial charge in [0.05, 0.1) is 50.2 Å². The topological polar surface area (TPSA) is 294 Å². The van der Waals surface area contributed by atoms with E-state index in [-0.39, 0.29) is 38.6 Å². The van der Waals surface area contributed by atoms with Crippen molar-refractivity contribution >= 4 is 23.8 Å². The minimum Gasteiger partial charge on any atom is -0.479 e. The van der Waals surface area contributed by atoms with Crippen LogP contribution in [0.15, 0.2) is 24.3 Å². The quantitative estimate of drug-likeness (QED) is 0.0751. The summed E-state index contributed by atoms with van der Waals surface area (Å²) < 4.78 is 16.0. The summed E-state index contributed by atoms with van der Waals surface area (Å²) in [4.78, 5) is 48.2. The van der Waals surface area contributed by atoms with Gasteiger partial charge in [-0.15, -0.1) is 0 Å². The molecule has 2 amide bonds. The zero-order valence-corrected chi connectivity index (χ0v) is 26.5. The van der Waals surface area contributed by atoms with Gasteiger partial charge in [-0.3, -0.25) is 9.59 Å². The van der Waals surface area contributed by atoms with Gasteiger partial charge in [0.25, 0.3) is 11.7 Å². The van der Waals surface area contributed by atoms with E-state index < -0.39 is 97.4 Å². The van der Waals surface area contributed by atoms with Crippen LogP contribution in [0.5, 0.6) is 0 Å². The number of aliphatic hydroxyl groups is 6. The van der Waals surface area contributed by atoms with E-state index in [1.54, 1.807) is 26.0 Å². The number of amides is 2. The normalized spacial score (nSPS) is 31.2. The van der Waals surface area contributed by atoms with E-state index in [1.807, 2.05) is 0 Å². The third-order valence-corrected chi connectivity index (χ3v) is 8.19. The van der Waals surface area contributed by atoms with Gasteiger partial charge in [-0.25, -0.2) is 9.59 Å². The van der Waals surface area contributed by atoms with E-state index in [2.05, 4.69) is 16.0 Å². The standard InChI is InChI=1S/C30H45N3O15/c1-14(2)21-23(38)24(39)28(47-25(21)27(41)42)46-8-7-32-26(40)16-5-3-15(4-6-16)11-31-12-20(37)33-22-18(36)10-30(45,29(43)44)48-19(22)9-17(35)13-34/h3-6,14,17-19,21-25,28,31,34-36,38-39,45H,7-13H2,1-2H3,(H,32,40)(H,33,37)(H,41,42)(H,43,44)/t17-,18+,19?,21?,22?,23?,24?,25?,28?,30+/m0/s1. The number of nitrogens with one attached hydrogen (secondary N) is 3. The number of aliphatic carboxylic acids is 2. The van der Waals surface area contributed by atoms with Crippen LogP contribution in [0.1, 0.15) is 42.6 Å². The third kappa shape index (κ3) is 10.1. The number of carboxylic acid groups (broad SMARTS) is 2. The summed E-state index contributed by atoms with van der Waals surface area (Å²) >= 11 is 0. The maximum atomic E-state index is 12.6. The Labute approximate surface area is 275 Å². The predicted octanol–water partition coefficient (Wildman–Crippen LogP) is -3.52. The second-order valence-electron chi connectivity index (χ2n) is 12.2. The molecule has 3 rings (SSSR count). The zero-order chi connectivity index (χ0) is 35.8. The van der Waals surface area contributed by atoms with Gasteiger partial charge in [-0.05, 0) is 23.6 Å². The minimum atomic E-state index is -2.74. The third-order valence-electron chi connectivity index (χ3n) is 8.19. The minimum absolute atomic E-state index is 0.0125. The van der Waals surface area contributed by atoms with Gasteiger partial charge in [-0.1, -0.05) is 26.0 Å². The van der Waals surface area contributed by atoms with Crippen molar-refractivity contribution in [2.75, 3.05) is 26.3 Å². The molecular weight excluding hydrogens is 642 g/mol. The van der Waals surface area contributed by atoms with Crippen molar-refractivity contribution in [3.63, 3.8) is 0 Å². The fourth-order valence-electron chi connectivity index (χ4n) is 5.66. The Hall–Kier alpha value is -3.30. The van der Waals surface area contributed by atoms with Crippen molar-refractivity contribution in [3.8, 4) is 0 Å². The Morgan fingerprint density at radius 3 is 2.31 bits per heavy atom. The van der Waals surface area contributed by atoms with Gasteiger partial charge >= 0.3 is 11.9 Å². The molecule has 0 saturated carbocycles. The molecule has 0 radical (unpaired) electrons. The summed E-state index contributed by atoms with van der Waals surface area (Å²) in [5.41, 5.74) is 1.00. The number of ether oxygens (including phenoxy) is 3. The van der Waals surface area contributed by atoms with Crippen LogP contribution in [0.4, 0.5) is 0 Å². The molecular formula is C30H45N3O15.